The lowest BCUT2D eigenvalue weighted by Gasteiger charge is -2.18. The van der Waals surface area contributed by atoms with Gasteiger partial charge >= 0.3 is 5.97 Å². The zero-order chi connectivity index (χ0) is 11.5. The smallest absolute Gasteiger partial charge is 0.309 e. The molecular weight excluding hydrogens is 307 g/mol. The van der Waals surface area contributed by atoms with Crippen molar-refractivity contribution in [1.29, 1.82) is 0 Å². The second-order valence-corrected chi connectivity index (χ2v) is 5.46. The van der Waals surface area contributed by atoms with Gasteiger partial charge in [0.25, 0.3) is 0 Å². The van der Waals surface area contributed by atoms with E-state index in [2.05, 4.69) is 27.7 Å². The highest BCUT2D eigenvalue weighted by molar-refractivity contribution is 14.1. The van der Waals surface area contributed by atoms with E-state index in [9.17, 15) is 4.79 Å². The molecule has 0 amide bonds. The molecule has 0 atom stereocenters. The Kier molecular flexibility index (Phi) is 4.12. The Morgan fingerprint density at radius 3 is 2.80 bits per heavy atom. The van der Waals surface area contributed by atoms with Gasteiger partial charge in [0.15, 0.2) is 0 Å². The molecular formula is C10H15IN2O2. The largest absolute Gasteiger partial charge is 0.481 e. The molecule has 0 spiro atoms. The van der Waals surface area contributed by atoms with Crippen LogP contribution >= 0.6 is 22.6 Å². The summed E-state index contributed by atoms with van der Waals surface area (Å²) in [6.45, 7) is 4.28. The van der Waals surface area contributed by atoms with Crippen molar-refractivity contribution in [1.82, 2.24) is 9.78 Å². The normalized spacial score (nSPS) is 11.7. The molecule has 1 N–H and O–H groups in total. The van der Waals surface area contributed by atoms with E-state index < -0.39 is 11.4 Å². The number of rotatable bonds is 5. The van der Waals surface area contributed by atoms with Crippen molar-refractivity contribution in [3.63, 3.8) is 0 Å². The first-order valence-electron chi connectivity index (χ1n) is 4.83. The average Bonchev–Trinajstić information content (AvgIpc) is 2.51. The predicted molar refractivity (Wildman–Crippen MR) is 65.6 cm³/mol. The summed E-state index contributed by atoms with van der Waals surface area (Å²) in [5.41, 5.74) is -0.639. The standard InChI is InChI=1S/C10H15IN2O2/c1-10(2,9(14)15)4-3-5-13-7-8(11)6-12-13/h6-7H,3-5H2,1-2H3,(H,14,15). The zero-order valence-electron chi connectivity index (χ0n) is 8.90. The third kappa shape index (κ3) is 3.81. The van der Waals surface area contributed by atoms with Crippen LogP contribution < -0.4 is 0 Å². The molecule has 1 aromatic heterocycles. The van der Waals surface area contributed by atoms with Gasteiger partial charge in [-0.1, -0.05) is 0 Å². The lowest BCUT2D eigenvalue weighted by Crippen LogP contribution is -2.23. The highest BCUT2D eigenvalue weighted by atomic mass is 127. The Bertz CT molecular complexity index is 347. The van der Waals surface area contributed by atoms with Crippen LogP contribution in [0.2, 0.25) is 0 Å². The lowest BCUT2D eigenvalue weighted by atomic mass is 9.88. The van der Waals surface area contributed by atoms with Gasteiger partial charge in [0, 0.05) is 12.7 Å². The summed E-state index contributed by atoms with van der Waals surface area (Å²) in [7, 11) is 0. The third-order valence-corrected chi connectivity index (χ3v) is 2.93. The van der Waals surface area contributed by atoms with Gasteiger partial charge in [0.2, 0.25) is 0 Å². The Hall–Kier alpha value is -0.590. The Labute approximate surface area is 103 Å². The number of hydrogen-bond acceptors (Lipinski definition) is 2. The Morgan fingerprint density at radius 1 is 1.67 bits per heavy atom. The lowest BCUT2D eigenvalue weighted by molar-refractivity contribution is -0.147. The summed E-state index contributed by atoms with van der Waals surface area (Å²) in [5, 5.41) is 13.1. The fourth-order valence-electron chi connectivity index (χ4n) is 1.25. The van der Waals surface area contributed by atoms with Crippen molar-refractivity contribution in [2.24, 2.45) is 5.41 Å². The number of aliphatic carboxylic acids is 1. The fourth-order valence-corrected chi connectivity index (χ4v) is 1.70. The number of carbonyl (C=O) groups is 1. The van der Waals surface area contributed by atoms with E-state index in [-0.39, 0.29) is 0 Å². The Balaban J connectivity index is 2.36. The van der Waals surface area contributed by atoms with Crippen molar-refractivity contribution in [3.05, 3.63) is 16.0 Å². The van der Waals surface area contributed by atoms with Gasteiger partial charge in [-0.05, 0) is 49.3 Å². The van der Waals surface area contributed by atoms with Gasteiger partial charge in [-0.25, -0.2) is 0 Å². The van der Waals surface area contributed by atoms with Crippen LogP contribution in [0.1, 0.15) is 26.7 Å². The minimum atomic E-state index is -0.738. The molecule has 0 aliphatic heterocycles. The molecule has 4 nitrogen and oxygen atoms in total. The van der Waals surface area contributed by atoms with Crippen molar-refractivity contribution in [2.75, 3.05) is 0 Å². The molecule has 5 heteroatoms. The molecule has 0 radical (unpaired) electrons. The Morgan fingerprint density at radius 2 is 2.33 bits per heavy atom. The molecule has 0 fully saturated rings. The summed E-state index contributed by atoms with van der Waals surface area (Å²) in [6, 6.07) is 0. The van der Waals surface area contributed by atoms with E-state index in [0.29, 0.717) is 6.42 Å². The van der Waals surface area contributed by atoms with Gasteiger partial charge in [0.05, 0.1) is 15.2 Å². The minimum Gasteiger partial charge on any atom is -0.481 e. The maximum absolute atomic E-state index is 10.8. The van der Waals surface area contributed by atoms with Gasteiger partial charge in [-0.15, -0.1) is 0 Å². The molecule has 0 aliphatic carbocycles. The molecule has 1 aromatic rings. The number of nitrogens with zero attached hydrogens (tertiary/aromatic N) is 2. The highest BCUT2D eigenvalue weighted by Crippen LogP contribution is 2.22. The van der Waals surface area contributed by atoms with Crippen LogP contribution in [0.15, 0.2) is 12.4 Å². The van der Waals surface area contributed by atoms with Crippen molar-refractivity contribution in [2.45, 2.75) is 33.2 Å². The van der Waals surface area contributed by atoms with E-state index in [0.717, 1.165) is 16.5 Å². The maximum Gasteiger partial charge on any atom is 0.309 e. The van der Waals surface area contributed by atoms with Gasteiger partial charge in [-0.3, -0.25) is 9.48 Å². The first-order chi connectivity index (χ1) is 6.92. The van der Waals surface area contributed by atoms with Gasteiger partial charge in [0.1, 0.15) is 0 Å². The number of hydrogen-bond donors (Lipinski definition) is 1. The van der Waals surface area contributed by atoms with Crippen LogP contribution in [-0.2, 0) is 11.3 Å². The SMILES string of the molecule is CC(C)(CCCn1cc(I)cn1)C(=O)O. The van der Waals surface area contributed by atoms with E-state index in [4.69, 9.17) is 5.11 Å². The molecule has 15 heavy (non-hydrogen) atoms. The van der Waals surface area contributed by atoms with Gasteiger partial charge in [-0.2, -0.15) is 5.10 Å². The summed E-state index contributed by atoms with van der Waals surface area (Å²) >= 11 is 2.20. The summed E-state index contributed by atoms with van der Waals surface area (Å²) < 4.78 is 2.95. The topological polar surface area (TPSA) is 55.1 Å². The second-order valence-electron chi connectivity index (χ2n) is 4.21. The number of carboxylic acid groups (broad SMARTS) is 1. The monoisotopic (exact) mass is 322 g/mol. The van der Waals surface area contributed by atoms with Gasteiger partial charge < -0.3 is 5.11 Å². The first-order valence-corrected chi connectivity index (χ1v) is 5.91. The maximum atomic E-state index is 10.8. The number of aromatic nitrogens is 2. The number of aryl methyl sites for hydroxylation is 1. The predicted octanol–water partition coefficient (Wildman–Crippen LogP) is 2.38. The molecule has 0 aliphatic rings. The molecule has 0 unspecified atom stereocenters. The quantitative estimate of drug-likeness (QED) is 0.847. The van der Waals surface area contributed by atoms with Crippen molar-refractivity contribution >= 4 is 28.6 Å². The minimum absolute atomic E-state index is 0.639. The molecule has 0 saturated carbocycles. The second kappa shape index (κ2) is 4.96. The fraction of sp³-hybridized carbons (Fsp3) is 0.600. The molecule has 0 saturated heterocycles. The number of halogens is 1. The third-order valence-electron chi connectivity index (χ3n) is 2.37. The summed E-state index contributed by atoms with van der Waals surface area (Å²) in [4.78, 5) is 10.8. The van der Waals surface area contributed by atoms with Crippen LogP contribution in [0.4, 0.5) is 0 Å². The zero-order valence-corrected chi connectivity index (χ0v) is 11.1. The molecule has 0 aromatic carbocycles. The first kappa shape index (κ1) is 12.5. The highest BCUT2D eigenvalue weighted by Gasteiger charge is 2.26. The van der Waals surface area contributed by atoms with Crippen molar-refractivity contribution < 1.29 is 9.90 Å². The molecule has 1 heterocycles. The average molecular weight is 322 g/mol. The van der Waals surface area contributed by atoms with Crippen LogP contribution in [0.3, 0.4) is 0 Å². The van der Waals surface area contributed by atoms with Crippen LogP contribution in [0.5, 0.6) is 0 Å². The molecule has 84 valence electrons. The van der Waals surface area contributed by atoms with Crippen LogP contribution in [0, 0.1) is 8.99 Å². The molecule has 0 bridgehead atoms. The van der Waals surface area contributed by atoms with Crippen molar-refractivity contribution in [3.8, 4) is 0 Å². The summed E-state index contributed by atoms with van der Waals surface area (Å²) in [5.74, 6) is -0.738. The van der Waals surface area contributed by atoms with E-state index in [1.807, 2.05) is 10.9 Å². The number of carboxylic acids is 1. The molecule has 1 rings (SSSR count). The summed E-state index contributed by atoms with van der Waals surface area (Å²) in [6.07, 6.45) is 5.24. The van der Waals surface area contributed by atoms with Crippen LogP contribution in [-0.4, -0.2) is 20.9 Å². The van der Waals surface area contributed by atoms with E-state index in [1.54, 1.807) is 20.0 Å². The van der Waals surface area contributed by atoms with E-state index >= 15 is 0 Å². The van der Waals surface area contributed by atoms with E-state index in [1.165, 1.54) is 0 Å². The van der Waals surface area contributed by atoms with Crippen LogP contribution in [0.25, 0.3) is 0 Å².